The maximum atomic E-state index is 12.2. The monoisotopic (exact) mass is 301 g/mol. The van der Waals surface area contributed by atoms with Crippen LogP contribution in [-0.4, -0.2) is 22.6 Å². The number of rotatable bonds is 1. The summed E-state index contributed by atoms with van der Waals surface area (Å²) in [5, 5.41) is 6.29. The predicted molar refractivity (Wildman–Crippen MR) is 83.0 cm³/mol. The van der Waals surface area contributed by atoms with Gasteiger partial charge >= 0.3 is 6.03 Å². The average Bonchev–Trinajstić information content (AvgIpc) is 2.06. The number of halogens is 1. The highest BCUT2D eigenvalue weighted by molar-refractivity contribution is 5.85. The average molecular weight is 302 g/mol. The van der Waals surface area contributed by atoms with Gasteiger partial charge in [0.15, 0.2) is 0 Å². The number of hydrogen-bond donors (Lipinski definition) is 3. The Kier molecular flexibility index (Phi) is 3.79. The number of carbonyl (C=O) groups is 1. The van der Waals surface area contributed by atoms with Gasteiger partial charge in [0.05, 0.1) is 0 Å². The van der Waals surface area contributed by atoms with Crippen molar-refractivity contribution in [1.82, 2.24) is 10.6 Å². The van der Waals surface area contributed by atoms with E-state index in [1.54, 1.807) is 0 Å². The summed E-state index contributed by atoms with van der Waals surface area (Å²) in [6.07, 6.45) is 6.86. The van der Waals surface area contributed by atoms with Crippen LogP contribution in [0.4, 0.5) is 4.79 Å². The Balaban J connectivity index is 0.00000147. The van der Waals surface area contributed by atoms with E-state index in [9.17, 15) is 4.79 Å². The van der Waals surface area contributed by atoms with Gasteiger partial charge in [0.25, 0.3) is 0 Å². The first-order valence-corrected chi connectivity index (χ1v) is 7.56. The van der Waals surface area contributed by atoms with Crippen LogP contribution in [0.3, 0.4) is 0 Å². The van der Waals surface area contributed by atoms with Crippen LogP contribution >= 0.6 is 12.4 Å². The molecule has 2 unspecified atom stereocenters. The van der Waals surface area contributed by atoms with Gasteiger partial charge in [-0.25, -0.2) is 4.79 Å². The summed E-state index contributed by atoms with van der Waals surface area (Å²) in [4.78, 5) is 12.2. The zero-order valence-corrected chi connectivity index (χ0v) is 13.6. The second-order valence-electron chi connectivity index (χ2n) is 8.43. The quantitative estimate of drug-likeness (QED) is 0.697. The number of carbonyl (C=O) groups excluding carboxylic acids is 1. The second-order valence-corrected chi connectivity index (χ2v) is 8.43. The first-order valence-electron chi connectivity index (χ1n) is 7.56. The van der Waals surface area contributed by atoms with Crippen LogP contribution in [0.5, 0.6) is 0 Å². The van der Waals surface area contributed by atoms with Crippen molar-refractivity contribution in [2.45, 2.75) is 75.9 Å². The van der Waals surface area contributed by atoms with Gasteiger partial charge < -0.3 is 16.4 Å². The smallest absolute Gasteiger partial charge is 0.315 e. The third kappa shape index (κ3) is 3.06. The van der Waals surface area contributed by atoms with E-state index >= 15 is 0 Å². The molecule has 0 aromatic carbocycles. The van der Waals surface area contributed by atoms with E-state index in [4.69, 9.17) is 5.73 Å². The minimum Gasteiger partial charge on any atom is -0.334 e. The van der Waals surface area contributed by atoms with E-state index in [1.807, 2.05) is 20.8 Å². The van der Waals surface area contributed by atoms with Gasteiger partial charge in [-0.1, -0.05) is 0 Å². The van der Waals surface area contributed by atoms with E-state index in [0.29, 0.717) is 0 Å². The highest BCUT2D eigenvalue weighted by Gasteiger charge is 2.56. The van der Waals surface area contributed by atoms with Crippen molar-refractivity contribution in [2.24, 2.45) is 17.6 Å². The summed E-state index contributed by atoms with van der Waals surface area (Å²) in [7, 11) is 0. The van der Waals surface area contributed by atoms with Crippen LogP contribution in [0.1, 0.15) is 59.3 Å². The molecule has 0 aromatic rings. The van der Waals surface area contributed by atoms with Crippen molar-refractivity contribution in [3.05, 3.63) is 0 Å². The van der Waals surface area contributed by atoms with Gasteiger partial charge in [0.1, 0.15) is 0 Å². The molecule has 4 atom stereocenters. The van der Waals surface area contributed by atoms with Gasteiger partial charge in [0, 0.05) is 16.6 Å². The summed E-state index contributed by atoms with van der Waals surface area (Å²) >= 11 is 0. The van der Waals surface area contributed by atoms with E-state index in [1.165, 1.54) is 6.42 Å². The molecule has 4 bridgehead atoms. The molecular weight excluding hydrogens is 274 g/mol. The van der Waals surface area contributed by atoms with Crippen molar-refractivity contribution >= 4 is 18.4 Å². The SMILES string of the molecule is CC(C)(C)NC(=O)NC12C[C@@H]3C[C@@H](CC(N)(C3)C1)C2.Cl. The van der Waals surface area contributed by atoms with Crippen LogP contribution in [-0.2, 0) is 0 Å². The summed E-state index contributed by atoms with van der Waals surface area (Å²) < 4.78 is 0. The summed E-state index contributed by atoms with van der Waals surface area (Å²) in [5.41, 5.74) is 6.30. The second kappa shape index (κ2) is 4.77. The minimum absolute atomic E-state index is 0. The first kappa shape index (κ1) is 15.9. The molecule has 0 aromatic heterocycles. The van der Waals surface area contributed by atoms with Crippen molar-refractivity contribution in [2.75, 3.05) is 0 Å². The van der Waals surface area contributed by atoms with E-state index < -0.39 is 0 Å². The lowest BCUT2D eigenvalue weighted by Crippen LogP contribution is -2.69. The molecule has 0 aliphatic heterocycles. The molecule has 0 saturated heterocycles. The fourth-order valence-corrected chi connectivity index (χ4v) is 5.09. The maximum absolute atomic E-state index is 12.2. The highest BCUT2D eigenvalue weighted by atomic mass is 35.5. The predicted octanol–water partition coefficient (Wildman–Crippen LogP) is 2.56. The molecule has 116 valence electrons. The lowest BCUT2D eigenvalue weighted by Gasteiger charge is -2.61. The normalized spacial score (nSPS) is 42.0. The molecule has 2 amide bonds. The lowest BCUT2D eigenvalue weighted by molar-refractivity contribution is -0.0300. The van der Waals surface area contributed by atoms with Gasteiger partial charge in [-0.3, -0.25) is 0 Å². The molecule has 4 nitrogen and oxygen atoms in total. The Labute approximate surface area is 128 Å². The van der Waals surface area contributed by atoms with Crippen LogP contribution in [0.2, 0.25) is 0 Å². The summed E-state index contributed by atoms with van der Waals surface area (Å²) in [6, 6.07) is -0.0296. The molecule has 4 fully saturated rings. The number of nitrogens with two attached hydrogens (primary N) is 1. The number of nitrogens with one attached hydrogen (secondary N) is 2. The first-order chi connectivity index (χ1) is 8.67. The van der Waals surface area contributed by atoms with Crippen LogP contribution in [0.25, 0.3) is 0 Å². The van der Waals surface area contributed by atoms with Gasteiger partial charge in [0.2, 0.25) is 0 Å². The molecule has 0 spiro atoms. The van der Waals surface area contributed by atoms with Crippen LogP contribution in [0.15, 0.2) is 0 Å². The Hall–Kier alpha value is -0.480. The Bertz CT molecular complexity index is 390. The fourth-order valence-electron chi connectivity index (χ4n) is 5.09. The van der Waals surface area contributed by atoms with E-state index in [0.717, 1.165) is 43.9 Å². The zero-order valence-electron chi connectivity index (χ0n) is 12.8. The summed E-state index contributed by atoms with van der Waals surface area (Å²) in [5.74, 6) is 1.45. The molecule has 20 heavy (non-hydrogen) atoms. The molecule has 4 saturated carbocycles. The van der Waals surface area contributed by atoms with Crippen molar-refractivity contribution in [1.29, 1.82) is 0 Å². The van der Waals surface area contributed by atoms with Crippen LogP contribution in [0, 0.1) is 11.8 Å². The topological polar surface area (TPSA) is 67.2 Å². The standard InChI is InChI=1S/C15H27N3O.ClH/c1-13(2,3)17-12(19)18-15-7-10-4-11(8-15)6-14(16,5-10)9-15;/h10-11H,4-9,16H2,1-3H3,(H2,17,18,19);1H/t10-,11+,14?,15?;. The van der Waals surface area contributed by atoms with Crippen molar-refractivity contribution in [3.8, 4) is 0 Å². The largest absolute Gasteiger partial charge is 0.334 e. The van der Waals surface area contributed by atoms with Gasteiger partial charge in [-0.15, -0.1) is 12.4 Å². The molecule has 4 aliphatic carbocycles. The fraction of sp³-hybridized carbons (Fsp3) is 0.933. The molecule has 4 N–H and O–H groups in total. The molecule has 5 heteroatoms. The molecule has 4 rings (SSSR count). The third-order valence-corrected chi connectivity index (χ3v) is 4.97. The molecule has 4 aliphatic rings. The summed E-state index contributed by atoms with van der Waals surface area (Å²) in [6.45, 7) is 6.03. The minimum atomic E-state index is -0.188. The number of amides is 2. The highest BCUT2D eigenvalue weighted by Crippen LogP contribution is 2.56. The zero-order chi connectivity index (χ0) is 13.9. The Morgan fingerprint density at radius 3 is 2.15 bits per heavy atom. The van der Waals surface area contributed by atoms with Gasteiger partial charge in [-0.05, 0) is 71.1 Å². The lowest BCUT2D eigenvalue weighted by atomic mass is 9.50. The Morgan fingerprint density at radius 1 is 1.15 bits per heavy atom. The van der Waals surface area contributed by atoms with E-state index in [-0.39, 0.29) is 35.1 Å². The van der Waals surface area contributed by atoms with E-state index in [2.05, 4.69) is 10.6 Å². The molecular formula is C15H28ClN3O. The number of hydrogen-bond acceptors (Lipinski definition) is 2. The van der Waals surface area contributed by atoms with Crippen LogP contribution < -0.4 is 16.4 Å². The molecule has 0 radical (unpaired) electrons. The van der Waals surface area contributed by atoms with Gasteiger partial charge in [-0.2, -0.15) is 0 Å². The number of urea groups is 1. The van der Waals surface area contributed by atoms with Crippen molar-refractivity contribution < 1.29 is 4.79 Å². The molecule has 0 heterocycles. The van der Waals surface area contributed by atoms with Crippen molar-refractivity contribution in [3.63, 3.8) is 0 Å². The Morgan fingerprint density at radius 2 is 1.70 bits per heavy atom. The third-order valence-electron chi connectivity index (χ3n) is 4.97. The maximum Gasteiger partial charge on any atom is 0.315 e.